The Morgan fingerprint density at radius 1 is 1.15 bits per heavy atom. The zero-order chi connectivity index (χ0) is 14.4. The highest BCUT2D eigenvalue weighted by molar-refractivity contribution is 5.13. The van der Waals surface area contributed by atoms with Crippen LogP contribution >= 0.6 is 0 Å². The Morgan fingerprint density at radius 2 is 2.00 bits per heavy atom. The first-order valence-corrected chi connectivity index (χ1v) is 7.35. The molecule has 2 heterocycles. The zero-order valence-corrected chi connectivity index (χ0v) is 12.7. The van der Waals surface area contributed by atoms with Crippen molar-refractivity contribution in [2.24, 2.45) is 0 Å². The minimum absolute atomic E-state index is 0.850. The molecule has 2 aromatic rings. The molecule has 4 nitrogen and oxygen atoms in total. The molecule has 0 N–H and O–H groups in total. The Kier molecular flexibility index (Phi) is 5.30. The van der Waals surface area contributed by atoms with Gasteiger partial charge >= 0.3 is 0 Å². The Labute approximate surface area is 121 Å². The second kappa shape index (κ2) is 7.20. The smallest absolute Gasteiger partial charge is 0.122 e. The highest BCUT2D eigenvalue weighted by Crippen LogP contribution is 2.07. The van der Waals surface area contributed by atoms with Crippen LogP contribution in [-0.2, 0) is 26.1 Å². The number of rotatable bonds is 7. The Hall–Kier alpha value is -1.68. The number of pyridine rings is 1. The van der Waals surface area contributed by atoms with E-state index >= 15 is 0 Å². The summed E-state index contributed by atoms with van der Waals surface area (Å²) in [6.07, 6.45) is 8.08. The molecule has 0 aromatic carbocycles. The van der Waals surface area contributed by atoms with Gasteiger partial charge in [-0.3, -0.25) is 9.88 Å². The summed E-state index contributed by atoms with van der Waals surface area (Å²) >= 11 is 0. The van der Waals surface area contributed by atoms with E-state index in [1.165, 1.54) is 5.56 Å². The van der Waals surface area contributed by atoms with Crippen LogP contribution in [-0.4, -0.2) is 26.5 Å². The van der Waals surface area contributed by atoms with E-state index in [1.807, 2.05) is 12.4 Å². The summed E-state index contributed by atoms with van der Waals surface area (Å²) in [5, 5.41) is 0. The molecule has 0 aliphatic rings. The number of aryl methyl sites for hydroxylation is 2. The molecular weight excluding hydrogens is 248 g/mol. The van der Waals surface area contributed by atoms with Crippen LogP contribution in [0.15, 0.2) is 30.7 Å². The van der Waals surface area contributed by atoms with Crippen LogP contribution in [0.5, 0.6) is 0 Å². The van der Waals surface area contributed by atoms with Crippen LogP contribution in [0.4, 0.5) is 0 Å². The summed E-state index contributed by atoms with van der Waals surface area (Å²) in [5.41, 5.74) is 2.40. The fourth-order valence-electron chi connectivity index (χ4n) is 2.27. The molecule has 0 saturated heterocycles. The van der Waals surface area contributed by atoms with Crippen molar-refractivity contribution in [1.29, 1.82) is 0 Å². The predicted molar refractivity (Wildman–Crippen MR) is 81.3 cm³/mol. The van der Waals surface area contributed by atoms with Crippen molar-refractivity contribution in [3.05, 3.63) is 47.8 Å². The van der Waals surface area contributed by atoms with Gasteiger partial charge in [-0.15, -0.1) is 0 Å². The lowest BCUT2D eigenvalue weighted by atomic mass is 10.2. The van der Waals surface area contributed by atoms with Crippen LogP contribution in [0.3, 0.4) is 0 Å². The molecule has 0 amide bonds. The van der Waals surface area contributed by atoms with Gasteiger partial charge in [-0.05, 0) is 31.5 Å². The number of hydrogen-bond donors (Lipinski definition) is 0. The maximum absolute atomic E-state index is 4.51. The topological polar surface area (TPSA) is 34.0 Å². The second-order valence-electron chi connectivity index (χ2n) is 5.22. The fraction of sp³-hybridized carbons (Fsp3) is 0.500. The second-order valence-corrected chi connectivity index (χ2v) is 5.22. The number of imidazole rings is 1. The highest BCUT2D eigenvalue weighted by Gasteiger charge is 2.07. The molecule has 108 valence electrons. The van der Waals surface area contributed by atoms with Crippen molar-refractivity contribution in [3.8, 4) is 0 Å². The Morgan fingerprint density at radius 3 is 2.65 bits per heavy atom. The summed E-state index contributed by atoms with van der Waals surface area (Å²) < 4.78 is 2.23. The Bertz CT molecular complexity index is 516. The molecule has 0 unspecified atom stereocenters. The molecule has 2 aromatic heterocycles. The van der Waals surface area contributed by atoms with E-state index in [1.54, 1.807) is 0 Å². The first kappa shape index (κ1) is 14.7. The monoisotopic (exact) mass is 272 g/mol. The molecule has 0 spiro atoms. The lowest BCUT2D eigenvalue weighted by Crippen LogP contribution is -2.20. The molecule has 0 saturated carbocycles. The maximum Gasteiger partial charge on any atom is 0.122 e. The van der Waals surface area contributed by atoms with E-state index in [2.05, 4.69) is 58.7 Å². The SMILES string of the molecule is CCCn1ccnc1CN(C)Cc1ccc(CC)cn1. The van der Waals surface area contributed by atoms with Gasteiger partial charge in [0.15, 0.2) is 0 Å². The van der Waals surface area contributed by atoms with Crippen molar-refractivity contribution in [1.82, 2.24) is 19.4 Å². The standard InChI is InChI=1S/C16H24N4/c1-4-9-20-10-8-17-16(20)13-19(3)12-15-7-6-14(5-2)11-18-15/h6-8,10-11H,4-5,9,12-13H2,1-3H3. The molecule has 4 heteroatoms. The van der Waals surface area contributed by atoms with Crippen LogP contribution in [0.25, 0.3) is 0 Å². The van der Waals surface area contributed by atoms with Gasteiger partial charge in [-0.2, -0.15) is 0 Å². The van der Waals surface area contributed by atoms with Gasteiger partial charge in [0.25, 0.3) is 0 Å². The molecule has 0 atom stereocenters. The number of aromatic nitrogens is 3. The van der Waals surface area contributed by atoms with E-state index in [9.17, 15) is 0 Å². The molecule has 0 aliphatic carbocycles. The molecule has 20 heavy (non-hydrogen) atoms. The molecule has 0 aliphatic heterocycles. The summed E-state index contributed by atoms with van der Waals surface area (Å²) in [5.74, 6) is 1.12. The minimum atomic E-state index is 0.850. The third-order valence-electron chi connectivity index (χ3n) is 3.40. The van der Waals surface area contributed by atoms with E-state index in [-0.39, 0.29) is 0 Å². The summed E-state index contributed by atoms with van der Waals surface area (Å²) in [6, 6.07) is 4.28. The van der Waals surface area contributed by atoms with Crippen molar-refractivity contribution in [3.63, 3.8) is 0 Å². The average Bonchev–Trinajstić information content (AvgIpc) is 2.87. The largest absolute Gasteiger partial charge is 0.334 e. The molecule has 0 fully saturated rings. The first-order valence-electron chi connectivity index (χ1n) is 7.35. The van der Waals surface area contributed by atoms with Crippen molar-refractivity contribution < 1.29 is 0 Å². The van der Waals surface area contributed by atoms with Crippen molar-refractivity contribution >= 4 is 0 Å². The van der Waals surface area contributed by atoms with Gasteiger partial charge in [0.05, 0.1) is 12.2 Å². The summed E-state index contributed by atoms with van der Waals surface area (Å²) in [4.78, 5) is 11.2. The lowest BCUT2D eigenvalue weighted by Gasteiger charge is -2.17. The number of nitrogens with zero attached hydrogens (tertiary/aromatic N) is 4. The van der Waals surface area contributed by atoms with Crippen LogP contribution in [0, 0.1) is 0 Å². The fourth-order valence-corrected chi connectivity index (χ4v) is 2.27. The van der Waals surface area contributed by atoms with E-state index in [4.69, 9.17) is 0 Å². The summed E-state index contributed by atoms with van der Waals surface area (Å²) in [6.45, 7) is 7.07. The van der Waals surface area contributed by atoms with Crippen LogP contribution < -0.4 is 0 Å². The normalized spacial score (nSPS) is 11.2. The third-order valence-corrected chi connectivity index (χ3v) is 3.40. The van der Waals surface area contributed by atoms with Crippen LogP contribution in [0.1, 0.15) is 37.4 Å². The summed E-state index contributed by atoms with van der Waals surface area (Å²) in [7, 11) is 2.11. The van der Waals surface area contributed by atoms with Gasteiger partial charge in [0.2, 0.25) is 0 Å². The molecular formula is C16H24N4. The molecule has 2 rings (SSSR count). The van der Waals surface area contributed by atoms with Gasteiger partial charge < -0.3 is 4.57 Å². The third kappa shape index (κ3) is 3.90. The van der Waals surface area contributed by atoms with Crippen LogP contribution in [0.2, 0.25) is 0 Å². The van der Waals surface area contributed by atoms with Gasteiger partial charge in [0, 0.05) is 31.7 Å². The number of hydrogen-bond acceptors (Lipinski definition) is 3. The quantitative estimate of drug-likeness (QED) is 0.777. The lowest BCUT2D eigenvalue weighted by molar-refractivity contribution is 0.301. The maximum atomic E-state index is 4.51. The van der Waals surface area contributed by atoms with E-state index in [0.717, 1.165) is 44.0 Å². The van der Waals surface area contributed by atoms with Gasteiger partial charge in [-0.1, -0.05) is 19.9 Å². The average molecular weight is 272 g/mol. The highest BCUT2D eigenvalue weighted by atomic mass is 15.2. The van der Waals surface area contributed by atoms with E-state index in [0.29, 0.717) is 0 Å². The Balaban J connectivity index is 1.94. The van der Waals surface area contributed by atoms with Crippen molar-refractivity contribution in [2.75, 3.05) is 7.05 Å². The first-order chi connectivity index (χ1) is 9.72. The van der Waals surface area contributed by atoms with Gasteiger partial charge in [-0.25, -0.2) is 4.98 Å². The zero-order valence-electron chi connectivity index (χ0n) is 12.7. The minimum Gasteiger partial charge on any atom is -0.334 e. The predicted octanol–water partition coefficient (Wildman–Crippen LogP) is 2.88. The molecule has 0 radical (unpaired) electrons. The van der Waals surface area contributed by atoms with Crippen molar-refractivity contribution in [2.45, 2.75) is 46.3 Å². The van der Waals surface area contributed by atoms with E-state index < -0.39 is 0 Å². The van der Waals surface area contributed by atoms with Gasteiger partial charge in [0.1, 0.15) is 5.82 Å². The molecule has 0 bridgehead atoms.